The molecule has 5 rings (SSSR count). The molecule has 0 atom stereocenters. The second-order valence-electron chi connectivity index (χ2n) is 8.39. The van der Waals surface area contributed by atoms with E-state index in [1.54, 1.807) is 18.2 Å². The molecule has 7 nitrogen and oxygen atoms in total. The number of fused-ring (bicyclic) bond motifs is 2. The molecule has 3 heterocycles. The fourth-order valence-electron chi connectivity index (χ4n) is 4.50. The second kappa shape index (κ2) is 8.61. The number of hydrogen-bond donors (Lipinski definition) is 2. The summed E-state index contributed by atoms with van der Waals surface area (Å²) < 4.78 is 15.5. The van der Waals surface area contributed by atoms with E-state index in [0.717, 1.165) is 60.4 Å². The quantitative estimate of drug-likeness (QED) is 0.449. The van der Waals surface area contributed by atoms with Crippen LogP contribution in [0.3, 0.4) is 0 Å². The van der Waals surface area contributed by atoms with Gasteiger partial charge in [-0.2, -0.15) is 0 Å². The average Bonchev–Trinajstić information content (AvgIpc) is 2.96. The molecule has 3 N–H and O–H groups in total. The number of carbonyl (C=O) groups excluding carboxylic acids is 1. The second-order valence-corrected chi connectivity index (χ2v) is 8.39. The maximum Gasteiger partial charge on any atom is 0.252 e. The average molecular weight is 445 g/mol. The summed E-state index contributed by atoms with van der Waals surface area (Å²) in [5.74, 6) is 0.520. The predicted octanol–water partition coefficient (Wildman–Crippen LogP) is 4.22. The molecule has 168 valence electrons. The van der Waals surface area contributed by atoms with E-state index in [9.17, 15) is 9.18 Å². The van der Waals surface area contributed by atoms with Crippen LogP contribution in [-0.4, -0.2) is 25.3 Å². The fraction of sp³-hybridized carbons (Fsp3) is 0.280. The zero-order valence-electron chi connectivity index (χ0n) is 18.4. The lowest BCUT2D eigenvalue weighted by Crippen LogP contribution is -2.13. The summed E-state index contributed by atoms with van der Waals surface area (Å²) in [5.41, 5.74) is 10.8. The van der Waals surface area contributed by atoms with E-state index in [4.69, 9.17) is 15.7 Å². The molecule has 0 aliphatic heterocycles. The van der Waals surface area contributed by atoms with Crippen molar-refractivity contribution in [2.24, 2.45) is 5.73 Å². The molecular weight excluding hydrogens is 419 g/mol. The van der Waals surface area contributed by atoms with Crippen molar-refractivity contribution >= 4 is 17.4 Å². The highest BCUT2D eigenvalue weighted by Gasteiger charge is 2.22. The van der Waals surface area contributed by atoms with Crippen LogP contribution in [0.25, 0.3) is 17.2 Å². The Labute approximate surface area is 190 Å². The monoisotopic (exact) mass is 444 g/mol. The van der Waals surface area contributed by atoms with Crippen LogP contribution >= 0.6 is 0 Å². The number of rotatable bonds is 5. The van der Waals surface area contributed by atoms with Gasteiger partial charge in [0, 0.05) is 24.0 Å². The third-order valence-electron chi connectivity index (χ3n) is 6.08. The van der Waals surface area contributed by atoms with E-state index in [0.29, 0.717) is 29.3 Å². The Hall–Kier alpha value is -3.81. The Morgan fingerprint density at radius 1 is 1.12 bits per heavy atom. The molecule has 1 aromatic carbocycles. The lowest BCUT2D eigenvalue weighted by Gasteiger charge is -2.15. The number of hydrogen-bond acceptors (Lipinski definition) is 5. The van der Waals surface area contributed by atoms with Gasteiger partial charge in [-0.05, 0) is 62.4 Å². The SMILES string of the molecule is Cc1nc2c(C(N)=O)cccn2c1-c1nc2c(c(NCc3cccc(F)c3)n1)CCCCC2. The molecule has 0 saturated heterocycles. The summed E-state index contributed by atoms with van der Waals surface area (Å²) in [4.78, 5) is 26.3. The van der Waals surface area contributed by atoms with Gasteiger partial charge in [-0.15, -0.1) is 0 Å². The van der Waals surface area contributed by atoms with Crippen molar-refractivity contribution in [3.05, 3.63) is 76.5 Å². The van der Waals surface area contributed by atoms with Gasteiger partial charge >= 0.3 is 0 Å². The van der Waals surface area contributed by atoms with Crippen LogP contribution in [0.15, 0.2) is 42.6 Å². The van der Waals surface area contributed by atoms with Crippen LogP contribution < -0.4 is 11.1 Å². The van der Waals surface area contributed by atoms with Crippen molar-refractivity contribution in [3.63, 3.8) is 0 Å². The highest BCUT2D eigenvalue weighted by atomic mass is 19.1. The van der Waals surface area contributed by atoms with E-state index >= 15 is 0 Å². The normalized spacial score (nSPS) is 13.5. The Balaban J connectivity index is 1.62. The van der Waals surface area contributed by atoms with E-state index in [2.05, 4.69) is 10.3 Å². The third kappa shape index (κ3) is 4.04. The molecule has 33 heavy (non-hydrogen) atoms. The molecule has 0 saturated carbocycles. The van der Waals surface area contributed by atoms with Crippen LogP contribution in [0.4, 0.5) is 10.2 Å². The van der Waals surface area contributed by atoms with Crippen molar-refractivity contribution < 1.29 is 9.18 Å². The minimum atomic E-state index is -0.530. The maximum atomic E-state index is 13.7. The Morgan fingerprint density at radius 3 is 2.79 bits per heavy atom. The van der Waals surface area contributed by atoms with Crippen molar-refractivity contribution in [2.45, 2.75) is 45.6 Å². The first-order valence-electron chi connectivity index (χ1n) is 11.2. The highest BCUT2D eigenvalue weighted by Crippen LogP contribution is 2.30. The Morgan fingerprint density at radius 2 is 1.97 bits per heavy atom. The molecule has 0 spiro atoms. The van der Waals surface area contributed by atoms with Gasteiger partial charge in [0.25, 0.3) is 5.91 Å². The predicted molar refractivity (Wildman–Crippen MR) is 124 cm³/mol. The molecule has 8 heteroatoms. The largest absolute Gasteiger partial charge is 0.366 e. The van der Waals surface area contributed by atoms with Gasteiger partial charge in [0.05, 0.1) is 11.3 Å². The molecule has 1 aliphatic rings. The zero-order valence-corrected chi connectivity index (χ0v) is 18.4. The van der Waals surface area contributed by atoms with Gasteiger partial charge < -0.3 is 11.1 Å². The zero-order chi connectivity index (χ0) is 22.9. The number of pyridine rings is 1. The number of nitrogens with two attached hydrogens (primary N) is 1. The molecule has 0 bridgehead atoms. The minimum Gasteiger partial charge on any atom is -0.366 e. The van der Waals surface area contributed by atoms with Crippen LogP contribution in [0.2, 0.25) is 0 Å². The van der Waals surface area contributed by atoms with Crippen LogP contribution in [0, 0.1) is 12.7 Å². The number of aromatic nitrogens is 4. The summed E-state index contributed by atoms with van der Waals surface area (Å²) in [6, 6.07) is 9.98. The van der Waals surface area contributed by atoms with E-state index in [1.165, 1.54) is 12.1 Å². The third-order valence-corrected chi connectivity index (χ3v) is 6.08. The number of benzene rings is 1. The Kier molecular flexibility index (Phi) is 5.50. The topological polar surface area (TPSA) is 98.2 Å². The first-order chi connectivity index (χ1) is 16.0. The summed E-state index contributed by atoms with van der Waals surface area (Å²) in [5, 5.41) is 3.42. The molecule has 0 radical (unpaired) electrons. The van der Waals surface area contributed by atoms with E-state index in [1.807, 2.05) is 23.6 Å². The van der Waals surface area contributed by atoms with Gasteiger partial charge in [0.1, 0.15) is 23.0 Å². The lowest BCUT2D eigenvalue weighted by molar-refractivity contribution is 0.100. The van der Waals surface area contributed by atoms with Gasteiger partial charge in [0.2, 0.25) is 0 Å². The number of primary amides is 1. The molecule has 1 aliphatic carbocycles. The number of nitrogens with zero attached hydrogens (tertiary/aromatic N) is 4. The number of amides is 1. The smallest absolute Gasteiger partial charge is 0.252 e. The summed E-state index contributed by atoms with van der Waals surface area (Å²) >= 11 is 0. The van der Waals surface area contributed by atoms with Gasteiger partial charge in [0.15, 0.2) is 5.82 Å². The highest BCUT2D eigenvalue weighted by molar-refractivity contribution is 5.99. The number of anilines is 1. The van der Waals surface area contributed by atoms with Crippen molar-refractivity contribution in [1.82, 2.24) is 19.4 Å². The van der Waals surface area contributed by atoms with Crippen LogP contribution in [0.1, 0.15) is 52.1 Å². The standard InChI is InChI=1S/C25H25FN6O/c1-15-21(32-12-6-10-19(22(27)33)25(32)29-15)24-30-20-11-4-2-3-9-18(20)23(31-24)28-14-16-7-5-8-17(26)13-16/h5-8,10,12-13H,2-4,9,11,14H2,1H3,(H2,27,33)(H,28,30,31). The molecule has 1 amide bonds. The first-order valence-corrected chi connectivity index (χ1v) is 11.2. The summed E-state index contributed by atoms with van der Waals surface area (Å²) in [6.45, 7) is 2.33. The fourth-order valence-corrected chi connectivity index (χ4v) is 4.50. The molecule has 0 fully saturated rings. The molecule has 4 aromatic rings. The van der Waals surface area contributed by atoms with Crippen LogP contribution in [-0.2, 0) is 19.4 Å². The number of halogens is 1. The van der Waals surface area contributed by atoms with Gasteiger partial charge in [-0.3, -0.25) is 9.20 Å². The number of aryl methyl sites for hydroxylation is 2. The molecule has 3 aromatic heterocycles. The summed E-state index contributed by atoms with van der Waals surface area (Å²) in [6.07, 6.45) is 6.92. The van der Waals surface area contributed by atoms with Crippen molar-refractivity contribution in [2.75, 3.05) is 5.32 Å². The van der Waals surface area contributed by atoms with E-state index < -0.39 is 5.91 Å². The molecular formula is C25H25FN6O. The first kappa shape index (κ1) is 21.1. The maximum absolute atomic E-state index is 13.7. The Bertz CT molecular complexity index is 1360. The minimum absolute atomic E-state index is 0.261. The summed E-state index contributed by atoms with van der Waals surface area (Å²) in [7, 11) is 0. The number of imidazole rings is 1. The van der Waals surface area contributed by atoms with Crippen LogP contribution in [0.5, 0.6) is 0 Å². The molecule has 0 unspecified atom stereocenters. The van der Waals surface area contributed by atoms with Gasteiger partial charge in [-0.25, -0.2) is 19.3 Å². The van der Waals surface area contributed by atoms with Crippen molar-refractivity contribution in [3.8, 4) is 11.5 Å². The van der Waals surface area contributed by atoms with Gasteiger partial charge in [-0.1, -0.05) is 18.6 Å². The van der Waals surface area contributed by atoms with Crippen molar-refractivity contribution in [1.29, 1.82) is 0 Å². The lowest BCUT2D eigenvalue weighted by atomic mass is 10.1. The van der Waals surface area contributed by atoms with E-state index in [-0.39, 0.29) is 5.82 Å². The number of nitrogens with one attached hydrogen (secondary N) is 1. The number of carbonyl (C=O) groups is 1.